The molecule has 2 aliphatic heterocycles. The van der Waals surface area contributed by atoms with Crippen molar-refractivity contribution in [3.05, 3.63) is 0 Å². The number of aliphatic hydroxyl groups is 1. The van der Waals surface area contributed by atoms with Gasteiger partial charge in [0.25, 0.3) is 0 Å². The van der Waals surface area contributed by atoms with Crippen molar-refractivity contribution in [3.8, 4) is 0 Å². The van der Waals surface area contributed by atoms with Crippen molar-refractivity contribution in [2.45, 2.75) is 44.6 Å². The fraction of sp³-hybridized carbons (Fsp3) is 1.00. The summed E-state index contributed by atoms with van der Waals surface area (Å²) in [6.07, 6.45) is 5.91. The first-order chi connectivity index (χ1) is 9.13. The smallest absolute Gasteiger partial charge is 0.214 e. The minimum absolute atomic E-state index is 0.0753. The summed E-state index contributed by atoms with van der Waals surface area (Å²) < 4.78 is 26.0. The molecular weight excluding hydrogens is 264 g/mol. The average molecular weight is 290 g/mol. The molecule has 0 radical (unpaired) electrons. The van der Waals surface area contributed by atoms with Gasteiger partial charge in [-0.1, -0.05) is 6.42 Å². The summed E-state index contributed by atoms with van der Waals surface area (Å²) in [6.45, 7) is 3.67. The molecule has 0 spiro atoms. The third-order valence-electron chi connectivity index (χ3n) is 4.24. The van der Waals surface area contributed by atoms with Crippen molar-refractivity contribution in [2.24, 2.45) is 0 Å². The fourth-order valence-electron chi connectivity index (χ4n) is 3.07. The number of hydrogen-bond acceptors (Lipinski definition) is 4. The van der Waals surface area contributed by atoms with Gasteiger partial charge in [-0.2, -0.15) is 0 Å². The van der Waals surface area contributed by atoms with Gasteiger partial charge < -0.3 is 5.11 Å². The number of piperidine rings is 1. The molecule has 2 fully saturated rings. The molecule has 2 saturated heterocycles. The molecule has 6 heteroatoms. The van der Waals surface area contributed by atoms with Gasteiger partial charge in [0.05, 0.1) is 5.75 Å². The number of rotatable bonds is 6. The summed E-state index contributed by atoms with van der Waals surface area (Å²) in [4.78, 5) is 2.47. The zero-order valence-electron chi connectivity index (χ0n) is 11.6. The number of hydrogen-bond donors (Lipinski definition) is 1. The van der Waals surface area contributed by atoms with Crippen LogP contribution in [0, 0.1) is 0 Å². The van der Waals surface area contributed by atoms with Gasteiger partial charge in [-0.3, -0.25) is 4.90 Å². The molecule has 2 aliphatic rings. The van der Waals surface area contributed by atoms with Crippen LogP contribution in [-0.4, -0.2) is 67.3 Å². The highest BCUT2D eigenvalue weighted by Crippen LogP contribution is 2.22. The first-order valence-corrected chi connectivity index (χ1v) is 9.07. The summed E-state index contributed by atoms with van der Waals surface area (Å²) >= 11 is 0. The van der Waals surface area contributed by atoms with E-state index in [1.807, 2.05) is 0 Å². The van der Waals surface area contributed by atoms with E-state index in [-0.39, 0.29) is 12.4 Å². The molecule has 0 bridgehead atoms. The van der Waals surface area contributed by atoms with Crippen molar-refractivity contribution in [1.29, 1.82) is 0 Å². The normalized spacial score (nSPS) is 26.9. The van der Waals surface area contributed by atoms with Crippen LogP contribution in [0.3, 0.4) is 0 Å². The first-order valence-electron chi connectivity index (χ1n) is 7.46. The third-order valence-corrected chi connectivity index (χ3v) is 6.16. The quantitative estimate of drug-likeness (QED) is 0.730. The Balaban J connectivity index is 1.83. The van der Waals surface area contributed by atoms with Crippen LogP contribution in [0.15, 0.2) is 0 Å². The van der Waals surface area contributed by atoms with Gasteiger partial charge in [0.1, 0.15) is 0 Å². The van der Waals surface area contributed by atoms with Gasteiger partial charge in [0, 0.05) is 25.7 Å². The summed E-state index contributed by atoms with van der Waals surface area (Å²) in [5.74, 6) is 0.181. The van der Waals surface area contributed by atoms with Crippen LogP contribution in [0.5, 0.6) is 0 Å². The Kier molecular flexibility index (Phi) is 5.62. The second-order valence-electron chi connectivity index (χ2n) is 5.64. The molecule has 0 amide bonds. The Morgan fingerprint density at radius 3 is 2.47 bits per heavy atom. The van der Waals surface area contributed by atoms with E-state index in [9.17, 15) is 8.42 Å². The van der Waals surface area contributed by atoms with Crippen LogP contribution in [0.4, 0.5) is 0 Å². The summed E-state index contributed by atoms with van der Waals surface area (Å²) in [5, 5.41) is 8.73. The number of sulfonamides is 1. The average Bonchev–Trinajstić information content (AvgIpc) is 2.90. The number of likely N-dealkylation sites (tertiary alicyclic amines) is 1. The van der Waals surface area contributed by atoms with Crippen molar-refractivity contribution in [2.75, 3.05) is 38.5 Å². The Morgan fingerprint density at radius 1 is 1.05 bits per heavy atom. The van der Waals surface area contributed by atoms with Crippen LogP contribution in [0.1, 0.15) is 38.5 Å². The number of aliphatic hydroxyl groups excluding tert-OH is 1. The molecule has 2 heterocycles. The van der Waals surface area contributed by atoms with E-state index in [2.05, 4.69) is 4.90 Å². The van der Waals surface area contributed by atoms with Gasteiger partial charge in [0.2, 0.25) is 10.0 Å². The lowest BCUT2D eigenvalue weighted by molar-refractivity contribution is 0.169. The van der Waals surface area contributed by atoms with E-state index < -0.39 is 10.0 Å². The molecule has 112 valence electrons. The van der Waals surface area contributed by atoms with Crippen molar-refractivity contribution >= 4 is 10.0 Å². The molecule has 0 aromatic heterocycles. The minimum Gasteiger partial charge on any atom is -0.396 e. The molecule has 1 atom stereocenters. The molecule has 1 unspecified atom stereocenters. The predicted molar refractivity (Wildman–Crippen MR) is 75.5 cm³/mol. The van der Waals surface area contributed by atoms with Crippen molar-refractivity contribution < 1.29 is 13.5 Å². The van der Waals surface area contributed by atoms with E-state index >= 15 is 0 Å². The van der Waals surface area contributed by atoms with Crippen molar-refractivity contribution in [3.63, 3.8) is 0 Å². The third kappa shape index (κ3) is 4.15. The monoisotopic (exact) mass is 290 g/mol. The number of nitrogens with zero attached hydrogens (tertiary/aromatic N) is 2. The highest BCUT2D eigenvalue weighted by atomic mass is 32.2. The zero-order chi connectivity index (χ0) is 13.7. The zero-order valence-corrected chi connectivity index (χ0v) is 12.4. The Bertz CT molecular complexity index is 366. The Labute approximate surface area is 116 Å². The van der Waals surface area contributed by atoms with Crippen LogP contribution in [-0.2, 0) is 10.0 Å². The van der Waals surface area contributed by atoms with Crippen LogP contribution in [0.25, 0.3) is 0 Å². The topological polar surface area (TPSA) is 60.9 Å². The van der Waals surface area contributed by atoms with E-state index in [0.717, 1.165) is 19.5 Å². The first kappa shape index (κ1) is 15.2. The molecule has 0 aromatic carbocycles. The lowest BCUT2D eigenvalue weighted by Gasteiger charge is -2.32. The molecular formula is C13H26N2O3S. The molecule has 1 N–H and O–H groups in total. The fourth-order valence-corrected chi connectivity index (χ4v) is 4.68. The van der Waals surface area contributed by atoms with Gasteiger partial charge in [0.15, 0.2) is 0 Å². The molecule has 0 aromatic rings. The van der Waals surface area contributed by atoms with Gasteiger partial charge >= 0.3 is 0 Å². The van der Waals surface area contributed by atoms with E-state index in [4.69, 9.17) is 5.11 Å². The lowest BCUT2D eigenvalue weighted by atomic mass is 10.1. The largest absolute Gasteiger partial charge is 0.396 e. The molecule has 2 rings (SSSR count). The molecule has 0 saturated carbocycles. The second kappa shape index (κ2) is 7.02. The second-order valence-corrected chi connectivity index (χ2v) is 7.73. The van der Waals surface area contributed by atoms with E-state index in [1.165, 1.54) is 19.3 Å². The van der Waals surface area contributed by atoms with Crippen LogP contribution >= 0.6 is 0 Å². The number of unbranched alkanes of at least 4 members (excludes halogenated alkanes) is 1. The Hall–Kier alpha value is -0.170. The summed E-state index contributed by atoms with van der Waals surface area (Å²) in [7, 11) is -3.11. The SMILES string of the molecule is O=S(=O)(CCCCO)N1CCC(N2CCCCC2)C1. The maximum Gasteiger partial charge on any atom is 0.214 e. The van der Waals surface area contributed by atoms with E-state index in [1.54, 1.807) is 4.31 Å². The molecule has 19 heavy (non-hydrogen) atoms. The Morgan fingerprint density at radius 2 is 1.79 bits per heavy atom. The maximum atomic E-state index is 12.2. The minimum atomic E-state index is -3.11. The van der Waals surface area contributed by atoms with Crippen LogP contribution in [0.2, 0.25) is 0 Å². The maximum absolute atomic E-state index is 12.2. The molecule has 5 nitrogen and oxygen atoms in total. The standard InChI is InChI=1S/C13H26N2O3S/c16-10-4-5-11-19(17,18)15-9-6-13(12-15)14-7-2-1-3-8-14/h13,16H,1-12H2. The van der Waals surface area contributed by atoms with Gasteiger partial charge in [-0.15, -0.1) is 0 Å². The molecule has 0 aliphatic carbocycles. The van der Waals surface area contributed by atoms with Crippen molar-refractivity contribution in [1.82, 2.24) is 9.21 Å². The van der Waals surface area contributed by atoms with Crippen LogP contribution < -0.4 is 0 Å². The summed E-state index contributed by atoms with van der Waals surface area (Å²) in [5.41, 5.74) is 0. The predicted octanol–water partition coefficient (Wildman–Crippen LogP) is 0.649. The van der Waals surface area contributed by atoms with E-state index in [0.29, 0.717) is 32.0 Å². The highest BCUT2D eigenvalue weighted by molar-refractivity contribution is 7.89. The highest BCUT2D eigenvalue weighted by Gasteiger charge is 2.34. The van der Waals surface area contributed by atoms with Gasteiger partial charge in [-0.05, 0) is 45.2 Å². The lowest BCUT2D eigenvalue weighted by Crippen LogP contribution is -2.42. The summed E-state index contributed by atoms with van der Waals surface area (Å²) in [6, 6.07) is 0.424. The van der Waals surface area contributed by atoms with Gasteiger partial charge in [-0.25, -0.2) is 12.7 Å².